The minimum absolute atomic E-state index is 0.183. The van der Waals surface area contributed by atoms with Crippen LogP contribution in [0.1, 0.15) is 18.1 Å². The van der Waals surface area contributed by atoms with E-state index in [0.717, 1.165) is 6.07 Å². The first kappa shape index (κ1) is 11.8. The molecule has 1 heterocycles. The number of halogens is 1. The van der Waals surface area contributed by atoms with E-state index < -0.39 is 18.0 Å². The Balaban J connectivity index is 2.81. The Bertz CT molecular complexity index is 335. The Morgan fingerprint density at radius 1 is 1.47 bits per heavy atom. The third kappa shape index (κ3) is 2.85. The molecule has 0 saturated carbocycles. The van der Waals surface area contributed by atoms with Crippen LogP contribution < -0.4 is 11.5 Å². The summed E-state index contributed by atoms with van der Waals surface area (Å²) in [5.74, 6) is -0.953. The molecule has 0 radical (unpaired) electrons. The van der Waals surface area contributed by atoms with E-state index in [0.29, 0.717) is 0 Å². The standard InChI is InChI=1S/C9H14FN3O2/c10-6-3-5(4-13-9(6)12)8(15)7(14)1-2-11/h3-4,7-8,14-15H,1-2,11H2,(H2,12,13). The van der Waals surface area contributed by atoms with Gasteiger partial charge in [0.25, 0.3) is 0 Å². The summed E-state index contributed by atoms with van der Waals surface area (Å²) >= 11 is 0. The Labute approximate surface area is 86.5 Å². The highest BCUT2D eigenvalue weighted by Gasteiger charge is 2.18. The second kappa shape index (κ2) is 5.01. The molecule has 0 aliphatic carbocycles. The van der Waals surface area contributed by atoms with Crippen LogP contribution in [-0.2, 0) is 0 Å². The van der Waals surface area contributed by atoms with E-state index in [-0.39, 0.29) is 24.3 Å². The van der Waals surface area contributed by atoms with Crippen molar-refractivity contribution in [3.8, 4) is 0 Å². The molecular weight excluding hydrogens is 201 g/mol. The van der Waals surface area contributed by atoms with Crippen LogP contribution in [0.25, 0.3) is 0 Å². The Morgan fingerprint density at radius 3 is 2.67 bits per heavy atom. The average molecular weight is 215 g/mol. The van der Waals surface area contributed by atoms with Crippen LogP contribution in [0.5, 0.6) is 0 Å². The smallest absolute Gasteiger partial charge is 0.165 e. The molecule has 2 unspecified atom stereocenters. The van der Waals surface area contributed by atoms with Gasteiger partial charge in [0.2, 0.25) is 0 Å². The third-order valence-corrected chi connectivity index (χ3v) is 2.06. The van der Waals surface area contributed by atoms with Gasteiger partial charge < -0.3 is 21.7 Å². The Kier molecular flexibility index (Phi) is 3.96. The van der Waals surface area contributed by atoms with Crippen LogP contribution in [0, 0.1) is 5.82 Å². The van der Waals surface area contributed by atoms with E-state index in [1.807, 2.05) is 0 Å². The predicted molar refractivity (Wildman–Crippen MR) is 53.2 cm³/mol. The van der Waals surface area contributed by atoms with Gasteiger partial charge in [0.05, 0.1) is 6.10 Å². The summed E-state index contributed by atoms with van der Waals surface area (Å²) in [6, 6.07) is 1.05. The van der Waals surface area contributed by atoms with Gasteiger partial charge in [0.15, 0.2) is 11.6 Å². The molecule has 0 aromatic carbocycles. The molecule has 0 spiro atoms. The molecule has 0 aliphatic heterocycles. The zero-order chi connectivity index (χ0) is 11.4. The molecular formula is C9H14FN3O2. The van der Waals surface area contributed by atoms with Crippen molar-refractivity contribution in [1.82, 2.24) is 4.98 Å². The molecule has 2 atom stereocenters. The summed E-state index contributed by atoms with van der Waals surface area (Å²) in [6.07, 6.45) is -0.772. The molecule has 0 amide bonds. The summed E-state index contributed by atoms with van der Waals surface area (Å²) in [7, 11) is 0. The molecule has 1 rings (SSSR count). The van der Waals surface area contributed by atoms with E-state index >= 15 is 0 Å². The highest BCUT2D eigenvalue weighted by molar-refractivity contribution is 5.32. The zero-order valence-electron chi connectivity index (χ0n) is 8.10. The van der Waals surface area contributed by atoms with Gasteiger partial charge in [-0.05, 0) is 19.0 Å². The molecule has 0 fully saturated rings. The van der Waals surface area contributed by atoms with Gasteiger partial charge >= 0.3 is 0 Å². The molecule has 15 heavy (non-hydrogen) atoms. The SMILES string of the molecule is NCCC(O)C(O)c1cnc(N)c(F)c1. The summed E-state index contributed by atoms with van der Waals surface area (Å²) < 4.78 is 13.0. The number of hydrogen-bond donors (Lipinski definition) is 4. The average Bonchev–Trinajstić information content (AvgIpc) is 2.21. The quantitative estimate of drug-likeness (QED) is 0.544. The van der Waals surface area contributed by atoms with Crippen molar-refractivity contribution < 1.29 is 14.6 Å². The lowest BCUT2D eigenvalue weighted by Crippen LogP contribution is -2.22. The van der Waals surface area contributed by atoms with E-state index in [2.05, 4.69) is 4.98 Å². The number of rotatable bonds is 4. The fourth-order valence-corrected chi connectivity index (χ4v) is 1.18. The van der Waals surface area contributed by atoms with Gasteiger partial charge in [-0.25, -0.2) is 9.37 Å². The molecule has 1 aromatic rings. The number of aromatic nitrogens is 1. The number of nitrogens with two attached hydrogens (primary N) is 2. The molecule has 6 N–H and O–H groups in total. The number of aliphatic hydroxyl groups excluding tert-OH is 2. The molecule has 0 aliphatic rings. The van der Waals surface area contributed by atoms with Crippen molar-refractivity contribution in [2.75, 3.05) is 12.3 Å². The largest absolute Gasteiger partial charge is 0.390 e. The first-order chi connectivity index (χ1) is 7.06. The molecule has 0 bridgehead atoms. The number of nitrogen functional groups attached to an aromatic ring is 1. The van der Waals surface area contributed by atoms with Gasteiger partial charge in [0, 0.05) is 11.8 Å². The first-order valence-corrected chi connectivity index (χ1v) is 4.53. The lowest BCUT2D eigenvalue weighted by molar-refractivity contribution is 0.0147. The number of anilines is 1. The maximum atomic E-state index is 13.0. The number of nitrogens with zero attached hydrogens (tertiary/aromatic N) is 1. The fraction of sp³-hybridized carbons (Fsp3) is 0.444. The van der Waals surface area contributed by atoms with Crippen molar-refractivity contribution in [1.29, 1.82) is 0 Å². The minimum Gasteiger partial charge on any atom is -0.390 e. The van der Waals surface area contributed by atoms with Gasteiger partial charge in [-0.2, -0.15) is 0 Å². The molecule has 5 nitrogen and oxygen atoms in total. The van der Waals surface area contributed by atoms with E-state index in [1.54, 1.807) is 0 Å². The topological polar surface area (TPSA) is 105 Å². The van der Waals surface area contributed by atoms with Crippen LogP contribution in [0.4, 0.5) is 10.2 Å². The van der Waals surface area contributed by atoms with Crippen LogP contribution in [-0.4, -0.2) is 27.8 Å². The maximum absolute atomic E-state index is 13.0. The van der Waals surface area contributed by atoms with Crippen molar-refractivity contribution in [3.05, 3.63) is 23.6 Å². The molecule has 0 saturated heterocycles. The van der Waals surface area contributed by atoms with Crippen molar-refractivity contribution in [2.24, 2.45) is 5.73 Å². The van der Waals surface area contributed by atoms with Crippen LogP contribution in [0.15, 0.2) is 12.3 Å². The normalized spacial score (nSPS) is 14.9. The molecule has 84 valence electrons. The van der Waals surface area contributed by atoms with Gasteiger partial charge in [-0.3, -0.25) is 0 Å². The van der Waals surface area contributed by atoms with Crippen molar-refractivity contribution in [3.63, 3.8) is 0 Å². The van der Waals surface area contributed by atoms with Crippen LogP contribution in [0.3, 0.4) is 0 Å². The minimum atomic E-state index is -1.20. The van der Waals surface area contributed by atoms with E-state index in [4.69, 9.17) is 11.5 Å². The predicted octanol–water partition coefficient (Wildman–Crippen LogP) is -0.454. The summed E-state index contributed by atoms with van der Waals surface area (Å²) in [4.78, 5) is 3.54. The monoisotopic (exact) mass is 215 g/mol. The summed E-state index contributed by atoms with van der Waals surface area (Å²) in [5.41, 5.74) is 10.6. The van der Waals surface area contributed by atoms with Gasteiger partial charge in [-0.15, -0.1) is 0 Å². The van der Waals surface area contributed by atoms with Gasteiger partial charge in [0.1, 0.15) is 6.10 Å². The second-order valence-electron chi connectivity index (χ2n) is 3.23. The van der Waals surface area contributed by atoms with Crippen LogP contribution >= 0.6 is 0 Å². The summed E-state index contributed by atoms with van der Waals surface area (Å²) in [6.45, 7) is 0.239. The Hall–Kier alpha value is -1.24. The zero-order valence-corrected chi connectivity index (χ0v) is 8.10. The van der Waals surface area contributed by atoms with Crippen molar-refractivity contribution in [2.45, 2.75) is 18.6 Å². The third-order valence-electron chi connectivity index (χ3n) is 2.06. The van der Waals surface area contributed by atoms with E-state index in [1.165, 1.54) is 6.20 Å². The fourth-order valence-electron chi connectivity index (χ4n) is 1.18. The molecule has 1 aromatic heterocycles. The lowest BCUT2D eigenvalue weighted by atomic mass is 10.0. The number of pyridine rings is 1. The highest BCUT2D eigenvalue weighted by Crippen LogP contribution is 2.20. The van der Waals surface area contributed by atoms with E-state index in [9.17, 15) is 14.6 Å². The lowest BCUT2D eigenvalue weighted by Gasteiger charge is -2.17. The second-order valence-corrected chi connectivity index (χ2v) is 3.23. The van der Waals surface area contributed by atoms with Gasteiger partial charge in [-0.1, -0.05) is 0 Å². The summed E-state index contributed by atoms with van der Waals surface area (Å²) in [5, 5.41) is 19.0. The maximum Gasteiger partial charge on any atom is 0.165 e. The first-order valence-electron chi connectivity index (χ1n) is 4.53. The highest BCUT2D eigenvalue weighted by atomic mass is 19.1. The number of aliphatic hydroxyl groups is 2. The van der Waals surface area contributed by atoms with Crippen LogP contribution in [0.2, 0.25) is 0 Å². The number of hydrogen-bond acceptors (Lipinski definition) is 5. The van der Waals surface area contributed by atoms with Crippen molar-refractivity contribution >= 4 is 5.82 Å². The Morgan fingerprint density at radius 2 is 2.13 bits per heavy atom. The molecule has 6 heteroatoms.